The molecule has 0 spiro atoms. The molecular weight excluding hydrogens is 428 g/mol. The summed E-state index contributed by atoms with van der Waals surface area (Å²) in [5, 5.41) is 17.9. The molecule has 0 aliphatic rings. The van der Waals surface area contributed by atoms with E-state index in [9.17, 15) is 13.2 Å². The number of rotatable bonds is 7. The van der Waals surface area contributed by atoms with Gasteiger partial charge >= 0.3 is 0 Å². The summed E-state index contributed by atoms with van der Waals surface area (Å²) in [6.07, 6.45) is 0. The molecule has 142 valence electrons. The van der Waals surface area contributed by atoms with E-state index in [1.165, 1.54) is 11.8 Å². The third-order valence-electron chi connectivity index (χ3n) is 3.14. The number of benzene rings is 1. The SMILES string of the molecule is CCSc1nnc(NS(=O)(=O)c2nnc(NC(=O)c3ccccc3C)s2)s1. The van der Waals surface area contributed by atoms with Crippen molar-refractivity contribution in [1.82, 2.24) is 20.4 Å². The maximum Gasteiger partial charge on any atom is 0.293 e. The molecule has 3 rings (SSSR count). The second-order valence-corrected chi connectivity index (χ2v) is 10.4. The van der Waals surface area contributed by atoms with Gasteiger partial charge in [-0.15, -0.1) is 20.4 Å². The van der Waals surface area contributed by atoms with Crippen LogP contribution in [-0.2, 0) is 10.0 Å². The number of nitrogens with one attached hydrogen (secondary N) is 2. The molecule has 0 saturated heterocycles. The lowest BCUT2D eigenvalue weighted by Gasteiger charge is -2.03. The standard InChI is InChI=1S/C14H14N6O3S4/c1-3-24-13-18-17-12(25-13)20-27(22,23)14-19-16-11(26-14)15-10(21)9-7-5-4-6-8(9)2/h4-7H,3H2,1-2H3,(H,17,20)(H,15,16,21). The Hall–Kier alpha value is -2.09. The summed E-state index contributed by atoms with van der Waals surface area (Å²) in [5.74, 6) is 0.424. The van der Waals surface area contributed by atoms with Crippen LogP contribution in [0.15, 0.2) is 32.9 Å². The minimum atomic E-state index is -3.96. The molecule has 0 saturated carbocycles. The molecule has 0 aliphatic heterocycles. The number of sulfonamides is 1. The maximum atomic E-state index is 12.4. The number of aromatic nitrogens is 4. The third-order valence-corrected chi connectivity index (χ3v) is 7.67. The molecule has 2 heterocycles. The van der Waals surface area contributed by atoms with E-state index < -0.39 is 10.0 Å². The lowest BCUT2D eigenvalue weighted by Crippen LogP contribution is -2.13. The fourth-order valence-electron chi connectivity index (χ4n) is 1.95. The van der Waals surface area contributed by atoms with Gasteiger partial charge in [0.15, 0.2) is 4.34 Å². The highest BCUT2D eigenvalue weighted by atomic mass is 32.2. The van der Waals surface area contributed by atoms with E-state index in [2.05, 4.69) is 30.4 Å². The average molecular weight is 443 g/mol. The molecule has 2 N–H and O–H groups in total. The second-order valence-electron chi connectivity index (χ2n) is 5.05. The number of hydrogen-bond donors (Lipinski definition) is 2. The van der Waals surface area contributed by atoms with Crippen LogP contribution >= 0.6 is 34.4 Å². The number of carbonyl (C=O) groups excluding carboxylic acids is 1. The Balaban J connectivity index is 1.72. The summed E-state index contributed by atoms with van der Waals surface area (Å²) in [5.41, 5.74) is 1.27. The van der Waals surface area contributed by atoms with Crippen LogP contribution in [0.4, 0.5) is 10.3 Å². The first-order chi connectivity index (χ1) is 12.9. The van der Waals surface area contributed by atoms with E-state index in [1.807, 2.05) is 26.0 Å². The topological polar surface area (TPSA) is 127 Å². The molecule has 0 atom stereocenters. The van der Waals surface area contributed by atoms with Gasteiger partial charge in [0.2, 0.25) is 10.3 Å². The fraction of sp³-hybridized carbons (Fsp3) is 0.214. The predicted octanol–water partition coefficient (Wildman–Crippen LogP) is 2.86. The number of nitrogens with zero attached hydrogens (tertiary/aromatic N) is 4. The van der Waals surface area contributed by atoms with Crippen LogP contribution in [-0.4, -0.2) is 40.5 Å². The third kappa shape index (κ3) is 4.80. The molecule has 13 heteroatoms. The zero-order chi connectivity index (χ0) is 19.4. The van der Waals surface area contributed by atoms with Gasteiger partial charge in [0.25, 0.3) is 20.3 Å². The first kappa shape index (κ1) is 19.7. The Morgan fingerprint density at radius 2 is 1.85 bits per heavy atom. The van der Waals surface area contributed by atoms with Crippen LogP contribution in [0.2, 0.25) is 0 Å². The highest BCUT2D eigenvalue weighted by Crippen LogP contribution is 2.28. The summed E-state index contributed by atoms with van der Waals surface area (Å²) >= 11 is 3.35. The van der Waals surface area contributed by atoms with Gasteiger partial charge in [-0.3, -0.25) is 14.8 Å². The minimum Gasteiger partial charge on any atom is -0.296 e. The van der Waals surface area contributed by atoms with E-state index in [4.69, 9.17) is 0 Å². The van der Waals surface area contributed by atoms with Crippen LogP contribution in [0.3, 0.4) is 0 Å². The van der Waals surface area contributed by atoms with Crippen molar-refractivity contribution in [2.45, 2.75) is 22.5 Å². The molecule has 0 radical (unpaired) electrons. The number of anilines is 2. The molecule has 0 unspecified atom stereocenters. The van der Waals surface area contributed by atoms with E-state index in [0.717, 1.165) is 34.0 Å². The van der Waals surface area contributed by atoms with Crippen molar-refractivity contribution >= 4 is 60.6 Å². The van der Waals surface area contributed by atoms with Crippen LogP contribution in [0.1, 0.15) is 22.8 Å². The minimum absolute atomic E-state index is 0.0862. The van der Waals surface area contributed by atoms with Gasteiger partial charge in [-0.2, -0.15) is 8.42 Å². The van der Waals surface area contributed by atoms with Crippen LogP contribution in [0.5, 0.6) is 0 Å². The molecule has 9 nitrogen and oxygen atoms in total. The van der Waals surface area contributed by atoms with Crippen LogP contribution in [0.25, 0.3) is 0 Å². The second kappa shape index (κ2) is 8.29. The first-order valence-corrected chi connectivity index (χ1v) is 11.7. The zero-order valence-electron chi connectivity index (χ0n) is 14.2. The van der Waals surface area contributed by atoms with Crippen molar-refractivity contribution in [3.63, 3.8) is 0 Å². The van der Waals surface area contributed by atoms with Crippen molar-refractivity contribution in [3.8, 4) is 0 Å². The number of amides is 1. The van der Waals surface area contributed by atoms with E-state index in [0.29, 0.717) is 9.90 Å². The molecule has 1 amide bonds. The van der Waals surface area contributed by atoms with Crippen LogP contribution in [0, 0.1) is 6.92 Å². The number of thioether (sulfide) groups is 1. The molecule has 2 aromatic heterocycles. The molecule has 27 heavy (non-hydrogen) atoms. The molecule has 0 bridgehead atoms. The van der Waals surface area contributed by atoms with E-state index in [1.54, 1.807) is 12.1 Å². The summed E-state index contributed by atoms with van der Waals surface area (Å²) in [4.78, 5) is 12.3. The Labute approximate surface area is 167 Å². The van der Waals surface area contributed by atoms with Gasteiger partial charge in [0, 0.05) is 5.56 Å². The van der Waals surface area contributed by atoms with Gasteiger partial charge < -0.3 is 0 Å². The Morgan fingerprint density at radius 3 is 2.59 bits per heavy atom. The van der Waals surface area contributed by atoms with Crippen molar-refractivity contribution in [3.05, 3.63) is 35.4 Å². The quantitative estimate of drug-likeness (QED) is 0.422. The van der Waals surface area contributed by atoms with Crippen LogP contribution < -0.4 is 10.0 Å². The number of carbonyl (C=O) groups is 1. The number of hydrogen-bond acceptors (Lipinski definition) is 10. The molecule has 0 aliphatic carbocycles. The monoisotopic (exact) mass is 442 g/mol. The van der Waals surface area contributed by atoms with Gasteiger partial charge in [-0.1, -0.05) is 59.6 Å². The van der Waals surface area contributed by atoms with Crippen molar-refractivity contribution in [1.29, 1.82) is 0 Å². The van der Waals surface area contributed by atoms with Crippen molar-refractivity contribution in [2.24, 2.45) is 0 Å². The summed E-state index contributed by atoms with van der Waals surface area (Å²) in [6.45, 7) is 3.77. The van der Waals surface area contributed by atoms with Gasteiger partial charge in [0.1, 0.15) is 0 Å². The highest BCUT2D eigenvalue weighted by Gasteiger charge is 2.23. The largest absolute Gasteiger partial charge is 0.296 e. The number of aryl methyl sites for hydroxylation is 1. The molecule has 1 aromatic carbocycles. The normalized spacial score (nSPS) is 11.3. The van der Waals surface area contributed by atoms with Crippen molar-refractivity contribution in [2.75, 3.05) is 15.8 Å². The highest BCUT2D eigenvalue weighted by molar-refractivity contribution is 8.01. The fourth-order valence-corrected chi connectivity index (χ4v) is 5.73. The van der Waals surface area contributed by atoms with Gasteiger partial charge in [0.05, 0.1) is 0 Å². The van der Waals surface area contributed by atoms with E-state index >= 15 is 0 Å². The molecule has 3 aromatic rings. The first-order valence-electron chi connectivity index (χ1n) is 7.58. The van der Waals surface area contributed by atoms with Gasteiger partial charge in [-0.25, -0.2) is 0 Å². The average Bonchev–Trinajstić information content (AvgIpc) is 3.25. The zero-order valence-corrected chi connectivity index (χ0v) is 17.4. The molecular formula is C14H14N6O3S4. The lowest BCUT2D eigenvalue weighted by molar-refractivity contribution is 0.102. The Morgan fingerprint density at radius 1 is 1.11 bits per heavy atom. The van der Waals surface area contributed by atoms with Gasteiger partial charge in [-0.05, 0) is 24.3 Å². The smallest absolute Gasteiger partial charge is 0.293 e. The summed E-state index contributed by atoms with van der Waals surface area (Å²) in [7, 11) is -3.96. The van der Waals surface area contributed by atoms with Crippen molar-refractivity contribution < 1.29 is 13.2 Å². The van der Waals surface area contributed by atoms with E-state index in [-0.39, 0.29) is 20.5 Å². The summed E-state index contributed by atoms with van der Waals surface area (Å²) < 4.78 is 27.5. The summed E-state index contributed by atoms with van der Waals surface area (Å²) in [6, 6.07) is 7.05. The Kier molecular flexibility index (Phi) is 6.04. The maximum absolute atomic E-state index is 12.4. The Bertz CT molecular complexity index is 1060. The molecule has 0 fully saturated rings. The predicted molar refractivity (Wildman–Crippen MR) is 106 cm³/mol. The lowest BCUT2D eigenvalue weighted by atomic mass is 10.1.